The van der Waals surface area contributed by atoms with E-state index in [4.69, 9.17) is 18.9 Å². The van der Waals surface area contributed by atoms with Crippen LogP contribution in [0.5, 0.6) is 0 Å². The van der Waals surface area contributed by atoms with E-state index in [1.807, 2.05) is 4.31 Å². The monoisotopic (exact) mass is 365 g/mol. The first kappa shape index (κ1) is 21.6. The number of rotatable bonds is 14. The minimum absolute atomic E-state index is 0.0779. The molecule has 1 fully saturated rings. The average Bonchev–Trinajstić information content (AvgIpc) is 2.57. The molecule has 0 aromatic carbocycles. The number of carbonyl (C=O) groups excluding carboxylic acids is 1. The third-order valence-corrected chi connectivity index (χ3v) is 3.89. The van der Waals surface area contributed by atoms with Crippen molar-refractivity contribution < 1.29 is 23.7 Å². The molecule has 142 valence electrons. The van der Waals surface area contributed by atoms with E-state index < -0.39 is 0 Å². The minimum Gasteiger partial charge on any atom is -0.378 e. The summed E-state index contributed by atoms with van der Waals surface area (Å²) in [5, 5.41) is 2.68. The standard InChI is InChI=1S/C15H31N3O5S/c1-20-14-15(19)16-2-8-21-10-12-23-13-11-22-9-7-17-3-5-18(24)6-4-17/h24H,2-14H2,1H3,(H,16,19). The van der Waals surface area contributed by atoms with E-state index >= 15 is 0 Å². The number of amides is 1. The number of carbonyl (C=O) groups is 1. The summed E-state index contributed by atoms with van der Waals surface area (Å²) in [5.41, 5.74) is 0. The van der Waals surface area contributed by atoms with Crippen LogP contribution in [0.2, 0.25) is 0 Å². The summed E-state index contributed by atoms with van der Waals surface area (Å²) in [4.78, 5) is 13.5. The van der Waals surface area contributed by atoms with E-state index in [-0.39, 0.29) is 12.5 Å². The molecule has 0 aromatic heterocycles. The number of piperazine rings is 1. The largest absolute Gasteiger partial charge is 0.378 e. The smallest absolute Gasteiger partial charge is 0.246 e. The molecule has 0 atom stereocenters. The molecular weight excluding hydrogens is 334 g/mol. The highest BCUT2D eigenvalue weighted by Crippen LogP contribution is 2.02. The number of methoxy groups -OCH3 is 1. The second-order valence-corrected chi connectivity index (χ2v) is 5.98. The lowest BCUT2D eigenvalue weighted by Crippen LogP contribution is -2.43. The molecular formula is C15H31N3O5S. The molecule has 0 bridgehead atoms. The Labute approximate surface area is 150 Å². The Morgan fingerprint density at radius 2 is 1.54 bits per heavy atom. The number of nitrogens with one attached hydrogen (secondary N) is 1. The van der Waals surface area contributed by atoms with Gasteiger partial charge in [0, 0.05) is 46.4 Å². The van der Waals surface area contributed by atoms with Crippen LogP contribution in [0.15, 0.2) is 0 Å². The number of hydrogen-bond acceptors (Lipinski definition) is 8. The summed E-state index contributed by atoms with van der Waals surface area (Å²) in [6.07, 6.45) is 0. The fourth-order valence-electron chi connectivity index (χ4n) is 2.14. The maximum absolute atomic E-state index is 11.1. The predicted molar refractivity (Wildman–Crippen MR) is 94.3 cm³/mol. The third kappa shape index (κ3) is 12.0. The van der Waals surface area contributed by atoms with Gasteiger partial charge in [-0.05, 0) is 0 Å². The zero-order chi connectivity index (χ0) is 17.5. The van der Waals surface area contributed by atoms with Crippen molar-refractivity contribution in [3.05, 3.63) is 0 Å². The number of thiol groups is 1. The molecule has 24 heavy (non-hydrogen) atoms. The zero-order valence-electron chi connectivity index (χ0n) is 14.6. The van der Waals surface area contributed by atoms with Gasteiger partial charge >= 0.3 is 0 Å². The van der Waals surface area contributed by atoms with Gasteiger partial charge in [-0.2, -0.15) is 0 Å². The lowest BCUT2D eigenvalue weighted by atomic mass is 10.3. The molecule has 0 radical (unpaired) electrons. The van der Waals surface area contributed by atoms with Gasteiger partial charge in [-0.1, -0.05) is 12.8 Å². The Hall–Kier alpha value is -0.420. The van der Waals surface area contributed by atoms with Gasteiger partial charge in [-0.25, -0.2) is 0 Å². The summed E-state index contributed by atoms with van der Waals surface area (Å²) in [5.74, 6) is -0.137. The topological polar surface area (TPSA) is 72.5 Å². The SMILES string of the molecule is COCC(=O)NCCOCCOCCOCCN1CCN(S)CC1. The van der Waals surface area contributed by atoms with Crippen molar-refractivity contribution in [2.24, 2.45) is 0 Å². The molecule has 1 heterocycles. The second kappa shape index (κ2) is 14.9. The van der Waals surface area contributed by atoms with Gasteiger partial charge in [0.05, 0.1) is 39.6 Å². The van der Waals surface area contributed by atoms with Crippen LogP contribution in [0.25, 0.3) is 0 Å². The Morgan fingerprint density at radius 3 is 2.17 bits per heavy atom. The van der Waals surface area contributed by atoms with E-state index in [1.54, 1.807) is 0 Å². The van der Waals surface area contributed by atoms with Crippen LogP contribution >= 0.6 is 12.8 Å². The van der Waals surface area contributed by atoms with Crippen LogP contribution in [-0.2, 0) is 23.7 Å². The van der Waals surface area contributed by atoms with Crippen LogP contribution in [0.4, 0.5) is 0 Å². The molecule has 1 N–H and O–H groups in total. The average molecular weight is 365 g/mol. The Balaban J connectivity index is 1.74. The molecule has 0 unspecified atom stereocenters. The molecule has 1 rings (SSSR count). The van der Waals surface area contributed by atoms with Crippen molar-refractivity contribution in [3.63, 3.8) is 0 Å². The van der Waals surface area contributed by atoms with Crippen LogP contribution in [0.3, 0.4) is 0 Å². The van der Waals surface area contributed by atoms with Gasteiger partial charge in [0.1, 0.15) is 6.61 Å². The Bertz CT molecular complexity index is 317. The zero-order valence-corrected chi connectivity index (χ0v) is 15.5. The van der Waals surface area contributed by atoms with Crippen LogP contribution < -0.4 is 5.32 Å². The summed E-state index contributed by atoms with van der Waals surface area (Å²) in [6, 6.07) is 0. The fraction of sp³-hybridized carbons (Fsp3) is 0.933. The van der Waals surface area contributed by atoms with E-state index in [2.05, 4.69) is 23.0 Å². The fourth-order valence-corrected chi connectivity index (χ4v) is 2.32. The van der Waals surface area contributed by atoms with Crippen LogP contribution in [0, 0.1) is 0 Å². The number of nitrogens with zero attached hydrogens (tertiary/aromatic N) is 2. The molecule has 1 saturated heterocycles. The van der Waals surface area contributed by atoms with Crippen LogP contribution in [0.1, 0.15) is 0 Å². The van der Waals surface area contributed by atoms with Gasteiger partial charge in [0.25, 0.3) is 0 Å². The van der Waals surface area contributed by atoms with E-state index in [9.17, 15) is 4.79 Å². The molecule has 0 saturated carbocycles. The first-order chi connectivity index (χ1) is 11.7. The van der Waals surface area contributed by atoms with E-state index in [0.717, 1.165) is 39.3 Å². The molecule has 9 heteroatoms. The third-order valence-electron chi connectivity index (χ3n) is 3.49. The first-order valence-corrected chi connectivity index (χ1v) is 8.77. The summed E-state index contributed by atoms with van der Waals surface area (Å²) in [7, 11) is 1.49. The lowest BCUT2D eigenvalue weighted by molar-refractivity contribution is -0.125. The van der Waals surface area contributed by atoms with Gasteiger partial charge < -0.3 is 24.3 Å². The second-order valence-electron chi connectivity index (χ2n) is 5.42. The van der Waals surface area contributed by atoms with Crippen molar-refractivity contribution in [2.45, 2.75) is 0 Å². The summed E-state index contributed by atoms with van der Waals surface area (Å²) < 4.78 is 23.1. The maximum atomic E-state index is 11.1. The summed E-state index contributed by atoms with van der Waals surface area (Å²) >= 11 is 4.33. The van der Waals surface area contributed by atoms with Gasteiger partial charge in [0.2, 0.25) is 5.91 Å². The van der Waals surface area contributed by atoms with E-state index in [1.165, 1.54) is 7.11 Å². The van der Waals surface area contributed by atoms with Crippen molar-refractivity contribution in [1.82, 2.24) is 14.5 Å². The normalized spacial score (nSPS) is 16.4. The lowest BCUT2D eigenvalue weighted by Gasteiger charge is -2.31. The molecule has 8 nitrogen and oxygen atoms in total. The molecule has 1 amide bonds. The molecule has 0 aliphatic carbocycles. The van der Waals surface area contributed by atoms with Crippen molar-refractivity contribution in [1.29, 1.82) is 0 Å². The van der Waals surface area contributed by atoms with Gasteiger partial charge in [-0.3, -0.25) is 14.0 Å². The highest BCUT2D eigenvalue weighted by atomic mass is 32.1. The van der Waals surface area contributed by atoms with E-state index in [0.29, 0.717) is 39.6 Å². The number of hydrogen-bond donors (Lipinski definition) is 2. The predicted octanol–water partition coefficient (Wildman–Crippen LogP) is -0.739. The molecule has 0 aromatic rings. The van der Waals surface area contributed by atoms with Crippen molar-refractivity contribution in [3.8, 4) is 0 Å². The highest BCUT2D eigenvalue weighted by Gasteiger charge is 2.13. The Kier molecular flexibility index (Phi) is 13.4. The Morgan fingerprint density at radius 1 is 0.958 bits per heavy atom. The van der Waals surface area contributed by atoms with Gasteiger partial charge in [0.15, 0.2) is 0 Å². The number of ether oxygens (including phenoxy) is 4. The quantitative estimate of drug-likeness (QED) is 0.310. The van der Waals surface area contributed by atoms with Crippen molar-refractivity contribution >= 4 is 18.7 Å². The first-order valence-electron chi connectivity index (χ1n) is 8.37. The molecule has 1 aliphatic heterocycles. The van der Waals surface area contributed by atoms with Crippen LogP contribution in [-0.4, -0.2) is 108 Å². The van der Waals surface area contributed by atoms with Gasteiger partial charge in [-0.15, -0.1) is 0 Å². The highest BCUT2D eigenvalue weighted by molar-refractivity contribution is 7.77. The maximum Gasteiger partial charge on any atom is 0.246 e. The summed E-state index contributed by atoms with van der Waals surface area (Å²) in [6.45, 7) is 9.01. The minimum atomic E-state index is -0.137. The molecule has 0 spiro atoms. The molecule has 1 aliphatic rings. The van der Waals surface area contributed by atoms with Crippen molar-refractivity contribution in [2.75, 3.05) is 92.6 Å².